The monoisotopic (exact) mass is 223 g/mol. The summed E-state index contributed by atoms with van der Waals surface area (Å²) in [5.41, 5.74) is -0.0766. The van der Waals surface area contributed by atoms with E-state index in [2.05, 4.69) is 5.16 Å². The molecule has 3 nitrogen and oxygen atoms in total. The van der Waals surface area contributed by atoms with Crippen molar-refractivity contribution in [1.82, 2.24) is 0 Å². The molecule has 0 saturated heterocycles. The van der Waals surface area contributed by atoms with Gasteiger partial charge in [-0.3, -0.25) is 4.79 Å². The Morgan fingerprint density at radius 3 is 2.56 bits per heavy atom. The van der Waals surface area contributed by atoms with Crippen LogP contribution in [-0.2, 0) is 9.63 Å². The van der Waals surface area contributed by atoms with Crippen molar-refractivity contribution in [3.8, 4) is 0 Å². The molecule has 1 fully saturated rings. The summed E-state index contributed by atoms with van der Waals surface area (Å²) in [7, 11) is 0. The molecule has 1 saturated carbocycles. The normalized spacial score (nSPS) is 30.4. The van der Waals surface area contributed by atoms with E-state index in [9.17, 15) is 13.6 Å². The molecule has 2 unspecified atom stereocenters. The summed E-state index contributed by atoms with van der Waals surface area (Å²) >= 11 is 0. The van der Waals surface area contributed by atoms with Gasteiger partial charge in [0.25, 0.3) is 0 Å². The van der Waals surface area contributed by atoms with Crippen LogP contribution in [0.15, 0.2) is 23.4 Å². The van der Waals surface area contributed by atoms with Crippen molar-refractivity contribution in [3.63, 3.8) is 0 Å². The Hall–Kier alpha value is -1.78. The highest BCUT2D eigenvalue weighted by atomic mass is 19.1. The van der Waals surface area contributed by atoms with Crippen molar-refractivity contribution in [2.45, 2.75) is 12.0 Å². The number of rotatable bonds is 2. The van der Waals surface area contributed by atoms with E-state index in [1.807, 2.05) is 0 Å². The van der Waals surface area contributed by atoms with E-state index < -0.39 is 17.2 Å². The molecule has 5 heteroatoms. The predicted octanol–water partition coefficient (Wildman–Crippen LogP) is 1.66. The third-order valence-electron chi connectivity index (χ3n) is 2.95. The molecular formula is C11H7F2NO2. The summed E-state index contributed by atoms with van der Waals surface area (Å²) in [5.74, 6) is -1.49. The molecule has 2 atom stereocenters. The number of hydrogen-bond acceptors (Lipinski definition) is 3. The van der Waals surface area contributed by atoms with Crippen LogP contribution in [0.5, 0.6) is 0 Å². The van der Waals surface area contributed by atoms with E-state index in [0.717, 1.165) is 6.07 Å². The van der Waals surface area contributed by atoms with Gasteiger partial charge < -0.3 is 4.84 Å². The molecule has 0 amide bonds. The Kier molecular flexibility index (Phi) is 1.70. The standard InChI is InChI=1S/C11H7F2NO2/c12-7-1-6(2-8(13)3-7)10-9-4-11(9,5-15)16-14-10/h1-3,5,9H,4H2. The van der Waals surface area contributed by atoms with E-state index in [-0.39, 0.29) is 5.92 Å². The van der Waals surface area contributed by atoms with Crippen LogP contribution < -0.4 is 0 Å². The van der Waals surface area contributed by atoms with Gasteiger partial charge in [-0.25, -0.2) is 8.78 Å². The predicted molar refractivity (Wildman–Crippen MR) is 50.9 cm³/mol. The molecule has 1 aromatic carbocycles. The maximum Gasteiger partial charge on any atom is 0.201 e. The SMILES string of the molecule is O=CC12CC1C(c1cc(F)cc(F)c1)=NO2. The van der Waals surface area contributed by atoms with Crippen molar-refractivity contribution in [3.05, 3.63) is 35.4 Å². The lowest BCUT2D eigenvalue weighted by atomic mass is 10.0. The van der Waals surface area contributed by atoms with Gasteiger partial charge in [0.1, 0.15) is 11.6 Å². The fourth-order valence-electron chi connectivity index (χ4n) is 1.99. The van der Waals surface area contributed by atoms with Gasteiger partial charge in [-0.2, -0.15) is 0 Å². The first-order valence-electron chi connectivity index (χ1n) is 4.83. The molecule has 1 aliphatic heterocycles. The van der Waals surface area contributed by atoms with Crippen LogP contribution in [0.1, 0.15) is 12.0 Å². The Morgan fingerprint density at radius 2 is 2.06 bits per heavy atom. The van der Waals surface area contributed by atoms with E-state index >= 15 is 0 Å². The van der Waals surface area contributed by atoms with Gasteiger partial charge >= 0.3 is 0 Å². The maximum absolute atomic E-state index is 13.0. The lowest BCUT2D eigenvalue weighted by Crippen LogP contribution is -2.13. The Bertz CT molecular complexity index is 494. The van der Waals surface area contributed by atoms with Crippen molar-refractivity contribution in [1.29, 1.82) is 0 Å². The Balaban J connectivity index is 1.98. The minimum absolute atomic E-state index is 0.161. The number of hydrogen-bond donors (Lipinski definition) is 0. The van der Waals surface area contributed by atoms with Crippen molar-refractivity contribution >= 4 is 12.0 Å². The molecule has 0 bridgehead atoms. The fraction of sp³-hybridized carbons (Fsp3) is 0.273. The minimum Gasteiger partial charge on any atom is -0.380 e. The number of carbonyl (C=O) groups is 1. The first-order valence-corrected chi connectivity index (χ1v) is 4.83. The summed E-state index contributed by atoms with van der Waals surface area (Å²) < 4.78 is 26.0. The number of oxime groups is 1. The van der Waals surface area contributed by atoms with Gasteiger partial charge in [0.2, 0.25) is 5.60 Å². The van der Waals surface area contributed by atoms with E-state index in [1.165, 1.54) is 12.1 Å². The lowest BCUT2D eigenvalue weighted by Gasteiger charge is -2.00. The van der Waals surface area contributed by atoms with Crippen LogP contribution in [0.25, 0.3) is 0 Å². The number of carbonyl (C=O) groups excluding carboxylic acids is 1. The molecule has 1 heterocycles. The number of nitrogens with zero attached hydrogens (tertiary/aromatic N) is 1. The third-order valence-corrected chi connectivity index (χ3v) is 2.95. The summed E-state index contributed by atoms with van der Waals surface area (Å²) in [6.45, 7) is 0. The van der Waals surface area contributed by atoms with Gasteiger partial charge in [-0.05, 0) is 12.1 Å². The molecule has 0 spiro atoms. The van der Waals surface area contributed by atoms with Crippen molar-refractivity contribution in [2.24, 2.45) is 11.1 Å². The first kappa shape index (κ1) is 9.45. The van der Waals surface area contributed by atoms with Gasteiger partial charge in [0.15, 0.2) is 6.29 Å². The third kappa shape index (κ3) is 1.17. The maximum atomic E-state index is 13.0. The molecule has 0 N–H and O–H groups in total. The summed E-state index contributed by atoms with van der Waals surface area (Å²) in [6.07, 6.45) is 1.23. The molecule has 3 rings (SSSR count). The second-order valence-corrected chi connectivity index (χ2v) is 4.06. The molecule has 0 radical (unpaired) electrons. The molecule has 82 valence electrons. The van der Waals surface area contributed by atoms with E-state index in [4.69, 9.17) is 4.84 Å². The first-order chi connectivity index (χ1) is 7.64. The van der Waals surface area contributed by atoms with Crippen LogP contribution in [0, 0.1) is 17.6 Å². The number of fused-ring (bicyclic) bond motifs is 1. The zero-order valence-electron chi connectivity index (χ0n) is 8.11. The lowest BCUT2D eigenvalue weighted by molar-refractivity contribution is -0.120. The highest BCUT2D eigenvalue weighted by Gasteiger charge is 2.64. The summed E-state index contributed by atoms with van der Waals surface area (Å²) in [4.78, 5) is 15.7. The van der Waals surface area contributed by atoms with Crippen molar-refractivity contribution in [2.75, 3.05) is 0 Å². The molecular weight excluding hydrogens is 216 g/mol. The van der Waals surface area contributed by atoms with Gasteiger partial charge in [-0.15, -0.1) is 0 Å². The average Bonchev–Trinajstić information content (AvgIpc) is 2.84. The molecule has 2 aliphatic rings. The van der Waals surface area contributed by atoms with Crippen LogP contribution in [0.3, 0.4) is 0 Å². The van der Waals surface area contributed by atoms with Gasteiger partial charge in [-0.1, -0.05) is 5.16 Å². The molecule has 16 heavy (non-hydrogen) atoms. The van der Waals surface area contributed by atoms with E-state index in [1.54, 1.807) is 0 Å². The number of benzene rings is 1. The highest BCUT2D eigenvalue weighted by molar-refractivity contribution is 6.08. The number of aldehydes is 1. The molecule has 0 aromatic heterocycles. The molecule has 1 aliphatic carbocycles. The smallest absolute Gasteiger partial charge is 0.201 e. The second kappa shape index (κ2) is 2.87. The second-order valence-electron chi connectivity index (χ2n) is 4.06. The zero-order chi connectivity index (χ0) is 11.3. The van der Waals surface area contributed by atoms with Crippen LogP contribution >= 0.6 is 0 Å². The highest BCUT2D eigenvalue weighted by Crippen LogP contribution is 2.51. The van der Waals surface area contributed by atoms with Crippen LogP contribution in [0.2, 0.25) is 0 Å². The number of halogens is 2. The average molecular weight is 223 g/mol. The molecule has 1 aromatic rings. The fourth-order valence-corrected chi connectivity index (χ4v) is 1.99. The van der Waals surface area contributed by atoms with Gasteiger partial charge in [0.05, 0.1) is 11.6 Å². The van der Waals surface area contributed by atoms with Gasteiger partial charge in [0, 0.05) is 18.1 Å². The van der Waals surface area contributed by atoms with Crippen LogP contribution in [0.4, 0.5) is 8.78 Å². The topological polar surface area (TPSA) is 38.7 Å². The zero-order valence-corrected chi connectivity index (χ0v) is 8.11. The Morgan fingerprint density at radius 1 is 1.38 bits per heavy atom. The van der Waals surface area contributed by atoms with Crippen LogP contribution in [-0.4, -0.2) is 17.6 Å². The Labute approximate surface area is 89.7 Å². The minimum atomic E-state index is -0.863. The summed E-state index contributed by atoms with van der Waals surface area (Å²) in [6, 6.07) is 3.16. The summed E-state index contributed by atoms with van der Waals surface area (Å²) in [5, 5.41) is 3.71. The quantitative estimate of drug-likeness (QED) is 0.715. The largest absolute Gasteiger partial charge is 0.380 e. The van der Waals surface area contributed by atoms with Crippen molar-refractivity contribution < 1.29 is 18.4 Å². The van der Waals surface area contributed by atoms with E-state index in [0.29, 0.717) is 24.0 Å².